The van der Waals surface area contributed by atoms with E-state index in [4.69, 9.17) is 16.3 Å². The van der Waals surface area contributed by atoms with Gasteiger partial charge in [0.2, 0.25) is 5.91 Å². The highest BCUT2D eigenvalue weighted by Gasteiger charge is 2.27. The number of methoxy groups -OCH3 is 1. The summed E-state index contributed by atoms with van der Waals surface area (Å²) in [6.45, 7) is 2.92. The lowest BCUT2D eigenvalue weighted by molar-refractivity contribution is -0.131. The number of rotatable bonds is 6. The molecule has 0 aromatic heterocycles. The van der Waals surface area contributed by atoms with Crippen LogP contribution in [-0.2, 0) is 9.53 Å². The van der Waals surface area contributed by atoms with E-state index in [0.717, 1.165) is 0 Å². The van der Waals surface area contributed by atoms with E-state index in [1.54, 1.807) is 12.0 Å². The minimum Gasteiger partial charge on any atom is -0.383 e. The second kappa shape index (κ2) is 10.6. The van der Waals surface area contributed by atoms with Crippen LogP contribution in [0.4, 0.5) is 4.39 Å². The number of hydrogen-bond donors (Lipinski definition) is 1. The van der Waals surface area contributed by atoms with Crippen LogP contribution in [0.5, 0.6) is 0 Å². The number of amides is 2. The van der Waals surface area contributed by atoms with Crippen LogP contribution in [-0.4, -0.2) is 74.6 Å². The molecule has 1 aromatic carbocycles. The van der Waals surface area contributed by atoms with Crippen LogP contribution in [0.2, 0.25) is 5.02 Å². The van der Waals surface area contributed by atoms with Gasteiger partial charge in [-0.3, -0.25) is 9.59 Å². The summed E-state index contributed by atoms with van der Waals surface area (Å²) in [6.07, 6.45) is 0. The highest BCUT2D eigenvalue weighted by Crippen LogP contribution is 2.21. The SMILES string of the molecule is COCCNCC(=O)N1CCN(C(=O)c2c(F)cccc2Cl)CC1.Cl. The second-order valence-electron chi connectivity index (χ2n) is 5.44. The Kier molecular flexibility index (Phi) is 9.13. The van der Waals surface area contributed by atoms with Gasteiger partial charge in [-0.2, -0.15) is 0 Å². The first-order chi connectivity index (χ1) is 11.5. The summed E-state index contributed by atoms with van der Waals surface area (Å²) in [5.41, 5.74) is -0.111. The molecule has 0 saturated carbocycles. The topological polar surface area (TPSA) is 61.9 Å². The first kappa shape index (κ1) is 21.6. The van der Waals surface area contributed by atoms with Crippen molar-refractivity contribution in [3.05, 3.63) is 34.6 Å². The van der Waals surface area contributed by atoms with Crippen LogP contribution in [0.15, 0.2) is 18.2 Å². The molecule has 1 aliphatic rings. The lowest BCUT2D eigenvalue weighted by Gasteiger charge is -2.35. The Morgan fingerprint density at radius 3 is 2.48 bits per heavy atom. The predicted octanol–water partition coefficient (Wildman–Crippen LogP) is 1.42. The van der Waals surface area contributed by atoms with Crippen LogP contribution < -0.4 is 5.32 Å². The van der Waals surface area contributed by atoms with Gasteiger partial charge in [-0.1, -0.05) is 17.7 Å². The zero-order chi connectivity index (χ0) is 17.5. The first-order valence-electron chi connectivity index (χ1n) is 7.75. The van der Waals surface area contributed by atoms with Crippen molar-refractivity contribution in [1.82, 2.24) is 15.1 Å². The van der Waals surface area contributed by atoms with Crippen molar-refractivity contribution in [2.75, 3.05) is 53.0 Å². The zero-order valence-electron chi connectivity index (χ0n) is 14.0. The standard InChI is InChI=1S/C16H21ClFN3O3.ClH/c1-24-10-5-19-11-14(22)20-6-8-21(9-7-20)16(23)15-12(17)3-2-4-13(15)18;/h2-4,19H,5-11H2,1H3;1H. The fraction of sp³-hybridized carbons (Fsp3) is 0.500. The van der Waals surface area contributed by atoms with Crippen LogP contribution >= 0.6 is 24.0 Å². The number of hydrogen-bond acceptors (Lipinski definition) is 4. The molecule has 1 saturated heterocycles. The molecular formula is C16H22Cl2FN3O3. The third kappa shape index (κ3) is 5.81. The summed E-state index contributed by atoms with van der Waals surface area (Å²) in [5.74, 6) is -1.10. The lowest BCUT2D eigenvalue weighted by Crippen LogP contribution is -2.52. The highest BCUT2D eigenvalue weighted by molar-refractivity contribution is 6.33. The maximum atomic E-state index is 13.8. The van der Waals surface area contributed by atoms with Crippen molar-refractivity contribution >= 4 is 35.8 Å². The van der Waals surface area contributed by atoms with Crippen molar-refractivity contribution < 1.29 is 18.7 Å². The van der Waals surface area contributed by atoms with Gasteiger partial charge in [-0.05, 0) is 12.1 Å². The molecule has 2 amide bonds. The molecule has 0 spiro atoms. The molecular weight excluding hydrogens is 372 g/mol. The molecule has 2 rings (SSSR count). The smallest absolute Gasteiger partial charge is 0.258 e. The molecule has 1 aromatic rings. The predicted molar refractivity (Wildman–Crippen MR) is 95.9 cm³/mol. The molecule has 140 valence electrons. The molecule has 1 N–H and O–H groups in total. The summed E-state index contributed by atoms with van der Waals surface area (Å²) >= 11 is 5.94. The third-order valence-electron chi connectivity index (χ3n) is 3.86. The Labute approximate surface area is 157 Å². The van der Waals surface area contributed by atoms with Crippen molar-refractivity contribution in [3.8, 4) is 0 Å². The Balaban J connectivity index is 0.00000312. The normalized spacial score (nSPS) is 14.2. The number of nitrogens with zero attached hydrogens (tertiary/aromatic N) is 2. The molecule has 1 heterocycles. The molecule has 1 aliphatic heterocycles. The number of carbonyl (C=O) groups is 2. The number of nitrogens with one attached hydrogen (secondary N) is 1. The van der Waals surface area contributed by atoms with Gasteiger partial charge in [-0.15, -0.1) is 12.4 Å². The molecule has 0 unspecified atom stereocenters. The fourth-order valence-corrected chi connectivity index (χ4v) is 2.74. The highest BCUT2D eigenvalue weighted by atomic mass is 35.5. The number of piperazine rings is 1. The van der Waals surface area contributed by atoms with E-state index in [1.165, 1.54) is 23.1 Å². The van der Waals surface area contributed by atoms with Crippen molar-refractivity contribution in [3.63, 3.8) is 0 Å². The average Bonchev–Trinajstić information content (AvgIpc) is 2.58. The van der Waals surface area contributed by atoms with Crippen molar-refractivity contribution in [1.29, 1.82) is 0 Å². The maximum absolute atomic E-state index is 13.8. The molecule has 9 heteroatoms. The van der Waals surface area contributed by atoms with Gasteiger partial charge in [0.25, 0.3) is 5.91 Å². The summed E-state index contributed by atoms with van der Waals surface area (Å²) < 4.78 is 18.7. The molecule has 0 bridgehead atoms. The Morgan fingerprint density at radius 1 is 1.24 bits per heavy atom. The van der Waals surface area contributed by atoms with E-state index in [2.05, 4.69) is 5.32 Å². The van der Waals surface area contributed by atoms with Gasteiger partial charge in [0.05, 0.1) is 23.7 Å². The van der Waals surface area contributed by atoms with Gasteiger partial charge in [-0.25, -0.2) is 4.39 Å². The number of carbonyl (C=O) groups excluding carboxylic acids is 2. The monoisotopic (exact) mass is 393 g/mol. The molecule has 0 aliphatic carbocycles. The minimum absolute atomic E-state index is 0. The molecule has 1 fully saturated rings. The van der Waals surface area contributed by atoms with Gasteiger partial charge >= 0.3 is 0 Å². The molecule has 0 radical (unpaired) electrons. The first-order valence-corrected chi connectivity index (χ1v) is 8.13. The Morgan fingerprint density at radius 2 is 1.88 bits per heavy atom. The van der Waals surface area contributed by atoms with Gasteiger partial charge in [0.1, 0.15) is 5.82 Å². The van der Waals surface area contributed by atoms with Crippen molar-refractivity contribution in [2.45, 2.75) is 0 Å². The summed E-state index contributed by atoms with van der Waals surface area (Å²) in [7, 11) is 1.60. The van der Waals surface area contributed by atoms with E-state index in [-0.39, 0.29) is 35.4 Å². The summed E-state index contributed by atoms with van der Waals surface area (Å²) in [6, 6.07) is 4.16. The van der Waals surface area contributed by atoms with Crippen LogP contribution in [0.3, 0.4) is 0 Å². The lowest BCUT2D eigenvalue weighted by atomic mass is 10.1. The number of ether oxygens (including phenoxy) is 1. The maximum Gasteiger partial charge on any atom is 0.258 e. The molecule has 25 heavy (non-hydrogen) atoms. The van der Waals surface area contributed by atoms with Crippen LogP contribution in [0.25, 0.3) is 0 Å². The van der Waals surface area contributed by atoms with E-state index in [0.29, 0.717) is 39.3 Å². The van der Waals surface area contributed by atoms with Gasteiger partial charge in [0, 0.05) is 39.8 Å². The van der Waals surface area contributed by atoms with Gasteiger partial charge < -0.3 is 19.9 Å². The minimum atomic E-state index is -0.631. The number of halogens is 3. The zero-order valence-corrected chi connectivity index (χ0v) is 15.5. The van der Waals surface area contributed by atoms with E-state index >= 15 is 0 Å². The fourth-order valence-electron chi connectivity index (χ4n) is 2.50. The third-order valence-corrected chi connectivity index (χ3v) is 4.17. The average molecular weight is 394 g/mol. The Hall–Kier alpha value is -1.41. The van der Waals surface area contributed by atoms with E-state index < -0.39 is 11.7 Å². The van der Waals surface area contributed by atoms with Crippen LogP contribution in [0.1, 0.15) is 10.4 Å². The molecule has 0 atom stereocenters. The Bertz CT molecular complexity index is 576. The molecule has 6 nitrogen and oxygen atoms in total. The van der Waals surface area contributed by atoms with Crippen LogP contribution in [0, 0.1) is 5.82 Å². The summed E-state index contributed by atoms with van der Waals surface area (Å²) in [4.78, 5) is 27.7. The largest absolute Gasteiger partial charge is 0.383 e. The summed E-state index contributed by atoms with van der Waals surface area (Å²) in [5, 5.41) is 3.09. The van der Waals surface area contributed by atoms with E-state index in [1.807, 2.05) is 0 Å². The van der Waals surface area contributed by atoms with Crippen molar-refractivity contribution in [2.24, 2.45) is 0 Å². The van der Waals surface area contributed by atoms with Gasteiger partial charge in [0.15, 0.2) is 0 Å². The quantitative estimate of drug-likeness (QED) is 0.742. The van der Waals surface area contributed by atoms with E-state index in [9.17, 15) is 14.0 Å². The number of benzene rings is 1. The second-order valence-corrected chi connectivity index (χ2v) is 5.85.